The van der Waals surface area contributed by atoms with Gasteiger partial charge in [-0.25, -0.2) is 0 Å². The molecule has 1 aromatic heterocycles. The van der Waals surface area contributed by atoms with Crippen molar-refractivity contribution < 1.29 is 9.53 Å². The summed E-state index contributed by atoms with van der Waals surface area (Å²) in [6, 6.07) is 7.65. The Balaban J connectivity index is 2.04. The van der Waals surface area contributed by atoms with Crippen LogP contribution < -0.4 is 4.74 Å². The second-order valence-corrected chi connectivity index (χ2v) is 4.48. The van der Waals surface area contributed by atoms with Crippen LogP contribution in [-0.4, -0.2) is 17.0 Å². The molecule has 2 aromatic rings. The second kappa shape index (κ2) is 5.08. The molecule has 18 heavy (non-hydrogen) atoms. The smallest absolute Gasteiger partial charge is 0.201 e. The fourth-order valence-corrected chi connectivity index (χ4v) is 1.78. The number of benzene rings is 1. The van der Waals surface area contributed by atoms with E-state index in [0.29, 0.717) is 5.56 Å². The summed E-state index contributed by atoms with van der Waals surface area (Å²) in [5, 5.41) is 0. The van der Waals surface area contributed by atoms with Crippen LogP contribution in [0.15, 0.2) is 36.7 Å². The molecule has 0 N–H and O–H groups in total. The van der Waals surface area contributed by atoms with E-state index in [2.05, 4.69) is 0 Å². The molecule has 0 amide bonds. The molecule has 0 bridgehead atoms. The van der Waals surface area contributed by atoms with Crippen LogP contribution in [0, 0.1) is 13.8 Å². The maximum atomic E-state index is 11.9. The van der Waals surface area contributed by atoms with Crippen LogP contribution in [-0.2, 0) is 7.05 Å². The zero-order valence-electron chi connectivity index (χ0n) is 10.9. The molecule has 3 heteroatoms. The largest absolute Gasteiger partial charge is 0.485 e. The Hall–Kier alpha value is -2.03. The number of carbonyl (C=O) groups excluding carboxylic acids is 1. The molecule has 94 valence electrons. The molecular weight excluding hydrogens is 226 g/mol. The highest BCUT2D eigenvalue weighted by atomic mass is 16.5. The Morgan fingerprint density at radius 2 is 2.06 bits per heavy atom. The highest BCUT2D eigenvalue weighted by molar-refractivity contribution is 5.97. The lowest BCUT2D eigenvalue weighted by Crippen LogP contribution is -2.11. The van der Waals surface area contributed by atoms with Gasteiger partial charge < -0.3 is 9.30 Å². The molecule has 1 heterocycles. The fourth-order valence-electron chi connectivity index (χ4n) is 1.78. The summed E-state index contributed by atoms with van der Waals surface area (Å²) in [5.74, 6) is 0.774. The first-order chi connectivity index (χ1) is 8.58. The van der Waals surface area contributed by atoms with Crippen LogP contribution in [0.25, 0.3) is 0 Å². The van der Waals surface area contributed by atoms with E-state index in [9.17, 15) is 4.79 Å². The molecule has 0 fully saturated rings. The van der Waals surface area contributed by atoms with Crippen LogP contribution in [0.3, 0.4) is 0 Å². The Kier molecular flexibility index (Phi) is 3.51. The molecule has 3 nitrogen and oxygen atoms in total. The zero-order valence-corrected chi connectivity index (χ0v) is 10.9. The lowest BCUT2D eigenvalue weighted by molar-refractivity contribution is 0.0921. The van der Waals surface area contributed by atoms with Crippen LogP contribution >= 0.6 is 0 Å². The number of hydrogen-bond acceptors (Lipinski definition) is 2. The van der Waals surface area contributed by atoms with Crippen molar-refractivity contribution in [3.63, 3.8) is 0 Å². The van der Waals surface area contributed by atoms with Gasteiger partial charge in [0.25, 0.3) is 0 Å². The predicted octanol–water partition coefficient (Wildman–Crippen LogP) is 2.90. The molecular formula is C15H17NO2. The van der Waals surface area contributed by atoms with Crippen LogP contribution in [0.4, 0.5) is 0 Å². The number of Topliss-reactive ketones (excluding diaryl/α,β-unsaturated/α-hetero) is 1. The lowest BCUT2D eigenvalue weighted by atomic mass is 10.1. The normalized spacial score (nSPS) is 10.4. The molecule has 2 rings (SSSR count). The van der Waals surface area contributed by atoms with Gasteiger partial charge in [0, 0.05) is 25.0 Å². The summed E-state index contributed by atoms with van der Waals surface area (Å²) in [6.07, 6.45) is 3.65. The van der Waals surface area contributed by atoms with Crippen molar-refractivity contribution in [3.05, 3.63) is 53.3 Å². The van der Waals surface area contributed by atoms with Crippen LogP contribution in [0.1, 0.15) is 21.5 Å². The standard InChI is InChI=1S/C15H17NO2/c1-11-5-4-6-15(12(11)2)18-10-14(17)13-7-8-16(3)9-13/h4-9H,10H2,1-3H3. The Morgan fingerprint density at radius 3 is 2.72 bits per heavy atom. The third kappa shape index (κ3) is 2.62. The molecule has 0 aliphatic heterocycles. The van der Waals surface area contributed by atoms with E-state index >= 15 is 0 Å². The molecule has 0 saturated heterocycles. The van der Waals surface area contributed by atoms with E-state index in [0.717, 1.165) is 11.3 Å². The number of carbonyl (C=O) groups is 1. The topological polar surface area (TPSA) is 31.2 Å². The summed E-state index contributed by atoms with van der Waals surface area (Å²) in [4.78, 5) is 11.9. The van der Waals surface area contributed by atoms with Gasteiger partial charge in [0.2, 0.25) is 5.78 Å². The zero-order chi connectivity index (χ0) is 13.1. The summed E-state index contributed by atoms with van der Waals surface area (Å²) in [7, 11) is 1.89. The maximum absolute atomic E-state index is 11.9. The predicted molar refractivity (Wildman–Crippen MR) is 71.2 cm³/mol. The van der Waals surface area contributed by atoms with Gasteiger partial charge in [-0.3, -0.25) is 4.79 Å². The van der Waals surface area contributed by atoms with Gasteiger partial charge in [-0.1, -0.05) is 12.1 Å². The van der Waals surface area contributed by atoms with E-state index in [1.54, 1.807) is 12.3 Å². The Labute approximate surface area is 107 Å². The number of ether oxygens (including phenoxy) is 1. The van der Waals surface area contributed by atoms with Crippen molar-refractivity contribution in [1.82, 2.24) is 4.57 Å². The quantitative estimate of drug-likeness (QED) is 0.773. The van der Waals surface area contributed by atoms with Gasteiger partial charge in [0.15, 0.2) is 6.61 Å². The first-order valence-electron chi connectivity index (χ1n) is 5.92. The van der Waals surface area contributed by atoms with Gasteiger partial charge >= 0.3 is 0 Å². The Bertz CT molecular complexity index is 570. The number of aryl methyl sites for hydroxylation is 2. The highest BCUT2D eigenvalue weighted by Gasteiger charge is 2.09. The highest BCUT2D eigenvalue weighted by Crippen LogP contribution is 2.20. The number of nitrogens with zero attached hydrogens (tertiary/aromatic N) is 1. The summed E-state index contributed by atoms with van der Waals surface area (Å²) < 4.78 is 7.44. The molecule has 0 unspecified atom stereocenters. The van der Waals surface area contributed by atoms with Crippen molar-refractivity contribution in [2.24, 2.45) is 7.05 Å². The van der Waals surface area contributed by atoms with E-state index in [1.165, 1.54) is 5.56 Å². The van der Waals surface area contributed by atoms with E-state index in [-0.39, 0.29) is 12.4 Å². The minimum Gasteiger partial charge on any atom is -0.485 e. The van der Waals surface area contributed by atoms with Crippen molar-refractivity contribution in [2.45, 2.75) is 13.8 Å². The van der Waals surface area contributed by atoms with Gasteiger partial charge in [0.1, 0.15) is 5.75 Å². The Morgan fingerprint density at radius 1 is 1.28 bits per heavy atom. The fraction of sp³-hybridized carbons (Fsp3) is 0.267. The molecule has 0 saturated carbocycles. The van der Waals surface area contributed by atoms with Crippen molar-refractivity contribution in [2.75, 3.05) is 6.61 Å². The number of rotatable bonds is 4. The third-order valence-corrected chi connectivity index (χ3v) is 3.07. The summed E-state index contributed by atoms with van der Waals surface area (Å²) in [6.45, 7) is 4.10. The second-order valence-electron chi connectivity index (χ2n) is 4.48. The monoisotopic (exact) mass is 243 g/mol. The summed E-state index contributed by atoms with van der Waals surface area (Å²) >= 11 is 0. The summed E-state index contributed by atoms with van der Waals surface area (Å²) in [5.41, 5.74) is 2.93. The minimum atomic E-state index is -0.00324. The van der Waals surface area contributed by atoms with Crippen LogP contribution in [0.5, 0.6) is 5.75 Å². The molecule has 0 aliphatic rings. The molecule has 0 radical (unpaired) electrons. The van der Waals surface area contributed by atoms with Crippen molar-refractivity contribution in [3.8, 4) is 5.75 Å². The maximum Gasteiger partial charge on any atom is 0.201 e. The SMILES string of the molecule is Cc1cccc(OCC(=O)c2ccn(C)c2)c1C. The first kappa shape index (κ1) is 12.4. The van der Waals surface area contributed by atoms with Gasteiger partial charge in [-0.15, -0.1) is 0 Å². The van der Waals surface area contributed by atoms with Crippen molar-refractivity contribution >= 4 is 5.78 Å². The lowest BCUT2D eigenvalue weighted by Gasteiger charge is -2.09. The third-order valence-electron chi connectivity index (χ3n) is 3.07. The van der Waals surface area contributed by atoms with Gasteiger partial charge in [0.05, 0.1) is 0 Å². The number of aromatic nitrogens is 1. The van der Waals surface area contributed by atoms with Gasteiger partial charge in [-0.05, 0) is 37.1 Å². The van der Waals surface area contributed by atoms with E-state index in [1.807, 2.05) is 49.9 Å². The minimum absolute atomic E-state index is 0.00324. The van der Waals surface area contributed by atoms with Crippen LogP contribution in [0.2, 0.25) is 0 Å². The molecule has 0 aliphatic carbocycles. The average Bonchev–Trinajstić information content (AvgIpc) is 2.77. The number of hydrogen-bond donors (Lipinski definition) is 0. The van der Waals surface area contributed by atoms with Gasteiger partial charge in [-0.2, -0.15) is 0 Å². The van der Waals surface area contributed by atoms with E-state index < -0.39 is 0 Å². The van der Waals surface area contributed by atoms with E-state index in [4.69, 9.17) is 4.74 Å². The molecule has 0 spiro atoms. The first-order valence-corrected chi connectivity index (χ1v) is 5.92. The average molecular weight is 243 g/mol. The van der Waals surface area contributed by atoms with Crippen molar-refractivity contribution in [1.29, 1.82) is 0 Å². The molecule has 0 atom stereocenters. The molecule has 1 aromatic carbocycles. The number of ketones is 1.